The topological polar surface area (TPSA) is 34.1 Å². The Morgan fingerprint density at radius 1 is 0.913 bits per heavy atom. The summed E-state index contributed by atoms with van der Waals surface area (Å²) in [5, 5.41) is 0. The predicted molar refractivity (Wildman–Crippen MR) is 93.0 cm³/mol. The minimum Gasteiger partial charge on any atom is -0.303 e. The second-order valence-corrected chi connectivity index (χ2v) is 9.83. The summed E-state index contributed by atoms with van der Waals surface area (Å²) < 4.78 is 0. The Morgan fingerprint density at radius 2 is 1.65 bits per heavy atom. The first-order chi connectivity index (χ1) is 10.8. The Kier molecular flexibility index (Phi) is 4.26. The van der Waals surface area contributed by atoms with Gasteiger partial charge in [0.05, 0.1) is 0 Å². The van der Waals surface area contributed by atoms with E-state index in [1.807, 2.05) is 0 Å². The minimum absolute atomic E-state index is 0.158. The van der Waals surface area contributed by atoms with E-state index in [-0.39, 0.29) is 16.7 Å². The molecular formula is C21H34O2. The van der Waals surface area contributed by atoms with Gasteiger partial charge >= 0.3 is 0 Å². The number of fused-ring (bicyclic) bond motifs is 3. The van der Waals surface area contributed by atoms with Crippen LogP contribution in [0.5, 0.6) is 0 Å². The molecular weight excluding hydrogens is 284 g/mol. The van der Waals surface area contributed by atoms with Gasteiger partial charge < -0.3 is 9.59 Å². The van der Waals surface area contributed by atoms with Gasteiger partial charge in [-0.15, -0.1) is 0 Å². The van der Waals surface area contributed by atoms with Gasteiger partial charge in [0.25, 0.3) is 0 Å². The zero-order valence-electron chi connectivity index (χ0n) is 15.4. The Labute approximate surface area is 141 Å². The van der Waals surface area contributed by atoms with Crippen LogP contribution in [0.3, 0.4) is 0 Å². The molecule has 0 aromatic heterocycles. The molecule has 23 heavy (non-hydrogen) atoms. The summed E-state index contributed by atoms with van der Waals surface area (Å²) in [7, 11) is 0. The summed E-state index contributed by atoms with van der Waals surface area (Å²) in [5.41, 5.74) is 0.477. The monoisotopic (exact) mass is 318 g/mol. The number of hydrogen-bond acceptors (Lipinski definition) is 2. The summed E-state index contributed by atoms with van der Waals surface area (Å²) in [6, 6.07) is 0. The zero-order valence-corrected chi connectivity index (χ0v) is 15.4. The van der Waals surface area contributed by atoms with Gasteiger partial charge in [-0.3, -0.25) is 0 Å². The van der Waals surface area contributed by atoms with Crippen LogP contribution in [0.25, 0.3) is 0 Å². The second-order valence-electron chi connectivity index (χ2n) is 9.83. The van der Waals surface area contributed by atoms with E-state index in [4.69, 9.17) is 0 Å². The lowest BCUT2D eigenvalue weighted by Gasteiger charge is -2.63. The van der Waals surface area contributed by atoms with E-state index in [0.717, 1.165) is 37.9 Å². The van der Waals surface area contributed by atoms with Crippen LogP contribution in [-0.2, 0) is 9.59 Å². The molecule has 0 aliphatic heterocycles. The first-order valence-electron chi connectivity index (χ1n) is 9.72. The van der Waals surface area contributed by atoms with Crippen molar-refractivity contribution in [3.05, 3.63) is 0 Å². The number of carbonyl (C=O) groups is 2. The molecule has 6 atom stereocenters. The van der Waals surface area contributed by atoms with Crippen LogP contribution in [-0.4, -0.2) is 12.6 Å². The van der Waals surface area contributed by atoms with Crippen molar-refractivity contribution < 1.29 is 9.59 Å². The largest absolute Gasteiger partial charge is 0.303 e. The summed E-state index contributed by atoms with van der Waals surface area (Å²) in [5.74, 6) is 1.68. The van der Waals surface area contributed by atoms with Crippen LogP contribution < -0.4 is 0 Å². The number of aldehydes is 2. The molecule has 0 heterocycles. The standard InChI is InChI=1S/C21H34O2/c1-15-12-16(13-22)6-7-18-20(4)10-5-9-19(2,3)17(20)8-11-21(15,18)14-23/h13-18H,5-12H2,1-4H3. The van der Waals surface area contributed by atoms with Gasteiger partial charge in [0.1, 0.15) is 12.6 Å². The fraction of sp³-hybridized carbons (Fsp3) is 0.905. The highest BCUT2D eigenvalue weighted by Gasteiger charge is 2.61. The van der Waals surface area contributed by atoms with E-state index in [9.17, 15) is 9.59 Å². The van der Waals surface area contributed by atoms with Gasteiger partial charge in [0.15, 0.2) is 0 Å². The molecule has 6 unspecified atom stereocenters. The highest BCUT2D eigenvalue weighted by molar-refractivity contribution is 5.62. The number of hydrogen-bond donors (Lipinski definition) is 0. The van der Waals surface area contributed by atoms with Gasteiger partial charge in [-0.05, 0) is 73.5 Å². The van der Waals surface area contributed by atoms with Gasteiger partial charge in [-0.2, -0.15) is 0 Å². The van der Waals surface area contributed by atoms with Gasteiger partial charge in [0, 0.05) is 11.3 Å². The molecule has 3 saturated carbocycles. The fourth-order valence-electron chi connectivity index (χ4n) is 7.23. The summed E-state index contributed by atoms with van der Waals surface area (Å²) in [4.78, 5) is 23.8. The van der Waals surface area contributed by atoms with Crippen molar-refractivity contribution >= 4 is 12.6 Å². The van der Waals surface area contributed by atoms with E-state index in [2.05, 4.69) is 27.7 Å². The zero-order chi connectivity index (χ0) is 16.9. The highest BCUT2D eigenvalue weighted by Crippen LogP contribution is 2.67. The molecule has 0 aromatic rings. The maximum atomic E-state index is 12.4. The van der Waals surface area contributed by atoms with E-state index in [1.165, 1.54) is 32.0 Å². The lowest BCUT2D eigenvalue weighted by molar-refractivity contribution is -0.160. The van der Waals surface area contributed by atoms with Crippen LogP contribution in [0.4, 0.5) is 0 Å². The van der Waals surface area contributed by atoms with Crippen molar-refractivity contribution in [1.29, 1.82) is 0 Å². The van der Waals surface area contributed by atoms with Crippen molar-refractivity contribution in [3.8, 4) is 0 Å². The van der Waals surface area contributed by atoms with Gasteiger partial charge in [-0.1, -0.05) is 34.1 Å². The normalized spacial score (nSPS) is 49.4. The summed E-state index contributed by atoms with van der Waals surface area (Å²) in [6.07, 6.45) is 11.5. The second kappa shape index (κ2) is 5.70. The molecule has 0 amide bonds. The molecule has 3 fully saturated rings. The molecule has 0 aromatic carbocycles. The molecule has 3 aliphatic rings. The SMILES string of the molecule is CC1CC(C=O)CCC2C3(C)CCCC(C)(C)C3CCC12C=O. The summed E-state index contributed by atoms with van der Waals surface area (Å²) >= 11 is 0. The third-order valence-electron chi connectivity index (χ3n) is 8.40. The average Bonchev–Trinajstić information content (AvgIpc) is 2.64. The molecule has 3 aliphatic carbocycles. The number of rotatable bonds is 2. The van der Waals surface area contributed by atoms with E-state index >= 15 is 0 Å². The smallest absolute Gasteiger partial charge is 0.126 e. The minimum atomic E-state index is -0.184. The van der Waals surface area contributed by atoms with E-state index < -0.39 is 0 Å². The quantitative estimate of drug-likeness (QED) is 0.668. The van der Waals surface area contributed by atoms with Crippen molar-refractivity contribution in [2.45, 2.75) is 79.1 Å². The lowest BCUT2D eigenvalue weighted by atomic mass is 9.41. The molecule has 0 spiro atoms. The average molecular weight is 319 g/mol. The van der Waals surface area contributed by atoms with Crippen LogP contribution >= 0.6 is 0 Å². The van der Waals surface area contributed by atoms with Gasteiger partial charge in [0.2, 0.25) is 0 Å². The molecule has 0 saturated heterocycles. The Bertz CT molecular complexity index is 482. The first-order valence-corrected chi connectivity index (χ1v) is 9.72. The predicted octanol–water partition coefficient (Wildman–Crippen LogP) is 5.05. The van der Waals surface area contributed by atoms with Gasteiger partial charge in [-0.25, -0.2) is 0 Å². The lowest BCUT2D eigenvalue weighted by Crippen LogP contribution is -2.57. The van der Waals surface area contributed by atoms with Crippen molar-refractivity contribution in [2.24, 2.45) is 39.9 Å². The Balaban J connectivity index is 2.04. The molecule has 2 heteroatoms. The highest BCUT2D eigenvalue weighted by atomic mass is 16.1. The van der Waals surface area contributed by atoms with Crippen LogP contribution in [0.1, 0.15) is 79.1 Å². The van der Waals surface area contributed by atoms with Crippen molar-refractivity contribution in [3.63, 3.8) is 0 Å². The molecule has 0 radical (unpaired) electrons. The van der Waals surface area contributed by atoms with Crippen LogP contribution in [0.2, 0.25) is 0 Å². The Morgan fingerprint density at radius 3 is 2.30 bits per heavy atom. The summed E-state index contributed by atoms with van der Waals surface area (Å²) in [6.45, 7) is 9.60. The third kappa shape index (κ3) is 2.43. The molecule has 130 valence electrons. The molecule has 2 nitrogen and oxygen atoms in total. The molecule has 0 bridgehead atoms. The molecule has 3 rings (SSSR count). The van der Waals surface area contributed by atoms with Crippen LogP contribution in [0.15, 0.2) is 0 Å². The van der Waals surface area contributed by atoms with Crippen molar-refractivity contribution in [2.75, 3.05) is 0 Å². The van der Waals surface area contributed by atoms with Crippen molar-refractivity contribution in [1.82, 2.24) is 0 Å². The van der Waals surface area contributed by atoms with Crippen LogP contribution in [0, 0.1) is 39.9 Å². The van der Waals surface area contributed by atoms with E-state index in [0.29, 0.717) is 17.3 Å². The fourth-order valence-corrected chi connectivity index (χ4v) is 7.23. The maximum absolute atomic E-state index is 12.4. The van der Waals surface area contributed by atoms with E-state index in [1.54, 1.807) is 0 Å². The first kappa shape index (κ1) is 17.2. The molecule has 0 N–H and O–H groups in total. The maximum Gasteiger partial charge on any atom is 0.126 e. The Hall–Kier alpha value is -0.660. The number of carbonyl (C=O) groups excluding carboxylic acids is 2. The third-order valence-corrected chi connectivity index (χ3v) is 8.40.